The van der Waals surface area contributed by atoms with E-state index in [0.29, 0.717) is 0 Å². The summed E-state index contributed by atoms with van der Waals surface area (Å²) in [5, 5.41) is 4.47. The Labute approximate surface area is 141 Å². The Hall–Kier alpha value is -2.66. The van der Waals surface area contributed by atoms with Crippen molar-refractivity contribution in [2.45, 2.75) is 0 Å². The predicted molar refractivity (Wildman–Crippen MR) is 99.0 cm³/mol. The highest BCUT2D eigenvalue weighted by molar-refractivity contribution is 5.80. The first kappa shape index (κ1) is 14.9. The van der Waals surface area contributed by atoms with Crippen LogP contribution in [-0.2, 0) is 0 Å². The van der Waals surface area contributed by atoms with E-state index >= 15 is 0 Å². The van der Waals surface area contributed by atoms with E-state index in [2.05, 4.69) is 56.4 Å². The van der Waals surface area contributed by atoms with Crippen LogP contribution in [0.25, 0.3) is 10.9 Å². The van der Waals surface area contributed by atoms with E-state index in [1.54, 1.807) is 0 Å². The number of nitrogens with zero attached hydrogens (tertiary/aromatic N) is 4. The van der Waals surface area contributed by atoms with Gasteiger partial charge in [-0.05, 0) is 31.3 Å². The molecule has 1 aliphatic rings. The first-order valence-electron chi connectivity index (χ1n) is 8.30. The number of aromatic nitrogens is 2. The number of benzene rings is 1. The second-order valence-corrected chi connectivity index (χ2v) is 6.20. The zero-order valence-electron chi connectivity index (χ0n) is 13.8. The molecule has 1 N–H and O–H groups in total. The molecule has 3 heterocycles. The Morgan fingerprint density at radius 3 is 2.62 bits per heavy atom. The van der Waals surface area contributed by atoms with Gasteiger partial charge in [-0.3, -0.25) is 0 Å². The summed E-state index contributed by atoms with van der Waals surface area (Å²) in [6.07, 6.45) is 1.86. The van der Waals surface area contributed by atoms with Gasteiger partial charge in [-0.2, -0.15) is 0 Å². The summed E-state index contributed by atoms with van der Waals surface area (Å²) in [6.45, 7) is 4.29. The molecule has 0 aliphatic carbocycles. The first-order chi connectivity index (χ1) is 11.8. The third kappa shape index (κ3) is 3.16. The van der Waals surface area contributed by atoms with Gasteiger partial charge in [0.1, 0.15) is 11.6 Å². The average molecular weight is 319 g/mol. The van der Waals surface area contributed by atoms with Crippen LogP contribution in [0.1, 0.15) is 0 Å². The van der Waals surface area contributed by atoms with Crippen LogP contribution >= 0.6 is 0 Å². The van der Waals surface area contributed by atoms with E-state index in [0.717, 1.165) is 48.7 Å². The number of piperazine rings is 1. The smallest absolute Gasteiger partial charge is 0.133 e. The second kappa shape index (κ2) is 6.45. The number of rotatable bonds is 3. The minimum atomic E-state index is 0.816. The summed E-state index contributed by atoms with van der Waals surface area (Å²) in [6, 6.07) is 16.4. The van der Waals surface area contributed by atoms with Gasteiger partial charge >= 0.3 is 0 Å². The van der Waals surface area contributed by atoms with Gasteiger partial charge in [-0.25, -0.2) is 9.97 Å². The van der Waals surface area contributed by atoms with Gasteiger partial charge in [0.25, 0.3) is 0 Å². The van der Waals surface area contributed by atoms with Gasteiger partial charge < -0.3 is 15.1 Å². The predicted octanol–water partition coefficient (Wildman–Crippen LogP) is 3.13. The van der Waals surface area contributed by atoms with Crippen molar-refractivity contribution >= 4 is 28.2 Å². The van der Waals surface area contributed by atoms with E-state index in [-0.39, 0.29) is 0 Å². The average Bonchev–Trinajstić information content (AvgIpc) is 2.62. The number of hydrogen-bond acceptors (Lipinski definition) is 5. The molecule has 4 rings (SSSR count). The van der Waals surface area contributed by atoms with Crippen molar-refractivity contribution in [1.29, 1.82) is 0 Å². The lowest BCUT2D eigenvalue weighted by atomic mass is 10.2. The van der Waals surface area contributed by atoms with E-state index in [4.69, 9.17) is 0 Å². The maximum absolute atomic E-state index is 4.65. The molecule has 0 bridgehead atoms. The largest absolute Gasteiger partial charge is 0.369 e. The minimum Gasteiger partial charge on any atom is -0.369 e. The molecular weight excluding hydrogens is 298 g/mol. The lowest BCUT2D eigenvalue weighted by molar-refractivity contribution is 0.313. The zero-order chi connectivity index (χ0) is 16.4. The molecular formula is C19H21N5. The van der Waals surface area contributed by atoms with E-state index in [9.17, 15) is 0 Å². The standard InChI is InChI=1S/C19H21N5/c1-23-10-12-24(13-11-23)16-8-9-20-19(14-16)22-18-7-6-15-4-2-3-5-17(15)21-18/h2-9,14H,10-13H2,1H3,(H,20,21,22). The number of para-hydroxylation sites is 1. The Morgan fingerprint density at radius 2 is 1.75 bits per heavy atom. The third-order valence-corrected chi connectivity index (χ3v) is 4.47. The van der Waals surface area contributed by atoms with Crippen molar-refractivity contribution in [3.63, 3.8) is 0 Å². The molecule has 122 valence electrons. The van der Waals surface area contributed by atoms with Gasteiger partial charge in [-0.15, -0.1) is 0 Å². The monoisotopic (exact) mass is 319 g/mol. The zero-order valence-corrected chi connectivity index (χ0v) is 13.8. The summed E-state index contributed by atoms with van der Waals surface area (Å²) in [5.74, 6) is 1.64. The van der Waals surface area contributed by atoms with E-state index < -0.39 is 0 Å². The summed E-state index contributed by atoms with van der Waals surface area (Å²) < 4.78 is 0. The van der Waals surface area contributed by atoms with Gasteiger partial charge in [0.05, 0.1) is 5.52 Å². The van der Waals surface area contributed by atoms with Crippen LogP contribution in [0.2, 0.25) is 0 Å². The van der Waals surface area contributed by atoms with E-state index in [1.807, 2.05) is 30.5 Å². The van der Waals surface area contributed by atoms with Crippen molar-refractivity contribution in [1.82, 2.24) is 14.9 Å². The molecule has 0 saturated carbocycles. The number of likely N-dealkylation sites (N-methyl/N-ethyl adjacent to an activating group) is 1. The van der Waals surface area contributed by atoms with E-state index in [1.165, 1.54) is 5.69 Å². The fourth-order valence-electron chi connectivity index (χ4n) is 3.02. The van der Waals surface area contributed by atoms with Gasteiger partial charge in [0.2, 0.25) is 0 Å². The minimum absolute atomic E-state index is 0.816. The van der Waals surface area contributed by atoms with Gasteiger partial charge in [-0.1, -0.05) is 18.2 Å². The first-order valence-corrected chi connectivity index (χ1v) is 8.30. The maximum Gasteiger partial charge on any atom is 0.133 e. The maximum atomic E-state index is 4.65. The summed E-state index contributed by atoms with van der Waals surface area (Å²) in [7, 11) is 2.17. The Kier molecular flexibility index (Phi) is 4.01. The fourth-order valence-corrected chi connectivity index (χ4v) is 3.02. The molecule has 1 aliphatic heterocycles. The van der Waals surface area contributed by atoms with Crippen LogP contribution in [0.5, 0.6) is 0 Å². The number of pyridine rings is 2. The number of nitrogens with one attached hydrogen (secondary N) is 1. The van der Waals surface area contributed by atoms with Crippen molar-refractivity contribution in [2.24, 2.45) is 0 Å². The highest BCUT2D eigenvalue weighted by Crippen LogP contribution is 2.22. The number of fused-ring (bicyclic) bond motifs is 1. The number of hydrogen-bond donors (Lipinski definition) is 1. The van der Waals surface area contributed by atoms with Crippen LogP contribution in [0.15, 0.2) is 54.7 Å². The van der Waals surface area contributed by atoms with Crippen molar-refractivity contribution in [3.05, 3.63) is 54.7 Å². The third-order valence-electron chi connectivity index (χ3n) is 4.47. The Balaban J connectivity index is 1.54. The molecule has 0 amide bonds. The van der Waals surface area contributed by atoms with Crippen molar-refractivity contribution < 1.29 is 0 Å². The van der Waals surface area contributed by atoms with Crippen LogP contribution < -0.4 is 10.2 Å². The highest BCUT2D eigenvalue weighted by Gasteiger charge is 2.14. The summed E-state index contributed by atoms with van der Waals surface area (Å²) in [5.41, 5.74) is 2.19. The van der Waals surface area contributed by atoms with Gasteiger partial charge in [0, 0.05) is 49.5 Å². The normalized spacial score (nSPS) is 15.6. The van der Waals surface area contributed by atoms with Crippen LogP contribution in [0.4, 0.5) is 17.3 Å². The molecule has 0 spiro atoms. The van der Waals surface area contributed by atoms with Crippen molar-refractivity contribution in [2.75, 3.05) is 43.4 Å². The summed E-state index contributed by atoms with van der Waals surface area (Å²) in [4.78, 5) is 13.8. The van der Waals surface area contributed by atoms with Crippen LogP contribution in [0, 0.1) is 0 Å². The quantitative estimate of drug-likeness (QED) is 0.803. The lowest BCUT2D eigenvalue weighted by Gasteiger charge is -2.34. The van der Waals surface area contributed by atoms with Crippen LogP contribution in [0.3, 0.4) is 0 Å². The molecule has 5 nitrogen and oxygen atoms in total. The molecule has 0 unspecified atom stereocenters. The Morgan fingerprint density at radius 1 is 0.917 bits per heavy atom. The highest BCUT2D eigenvalue weighted by atomic mass is 15.2. The van der Waals surface area contributed by atoms with Crippen LogP contribution in [-0.4, -0.2) is 48.1 Å². The fraction of sp³-hybridized carbons (Fsp3) is 0.263. The molecule has 2 aromatic heterocycles. The molecule has 0 radical (unpaired) electrons. The Bertz CT molecular complexity index is 840. The molecule has 24 heavy (non-hydrogen) atoms. The second-order valence-electron chi connectivity index (χ2n) is 6.20. The molecule has 1 aromatic carbocycles. The molecule has 1 saturated heterocycles. The molecule has 1 fully saturated rings. The topological polar surface area (TPSA) is 44.3 Å². The summed E-state index contributed by atoms with van der Waals surface area (Å²) >= 11 is 0. The lowest BCUT2D eigenvalue weighted by Crippen LogP contribution is -2.44. The SMILES string of the molecule is CN1CCN(c2ccnc(Nc3ccc4ccccc4n3)c2)CC1. The molecule has 5 heteroatoms. The molecule has 3 aromatic rings. The number of anilines is 3. The van der Waals surface area contributed by atoms with Crippen molar-refractivity contribution in [3.8, 4) is 0 Å². The van der Waals surface area contributed by atoms with Gasteiger partial charge in [0.15, 0.2) is 0 Å². The molecule has 0 atom stereocenters.